The molecule has 0 aromatic heterocycles. The van der Waals surface area contributed by atoms with Gasteiger partial charge in [0.25, 0.3) is 0 Å². The monoisotopic (exact) mass is 443 g/mol. The Morgan fingerprint density at radius 3 is 2.55 bits per heavy atom. The van der Waals surface area contributed by atoms with Crippen molar-refractivity contribution in [2.45, 2.75) is 44.6 Å². The molecule has 0 unspecified atom stereocenters. The fourth-order valence-electron chi connectivity index (χ4n) is 4.37. The molecule has 1 amide bonds. The van der Waals surface area contributed by atoms with Crippen molar-refractivity contribution < 1.29 is 17.6 Å². The van der Waals surface area contributed by atoms with Gasteiger partial charge < -0.3 is 0 Å². The molecule has 1 aliphatic carbocycles. The van der Waals surface area contributed by atoms with E-state index in [-0.39, 0.29) is 23.7 Å². The molecule has 1 atom stereocenters. The molecule has 0 saturated heterocycles. The van der Waals surface area contributed by atoms with Crippen molar-refractivity contribution >= 4 is 27.3 Å². The van der Waals surface area contributed by atoms with E-state index in [9.17, 15) is 17.6 Å². The van der Waals surface area contributed by atoms with Crippen molar-refractivity contribution in [3.8, 4) is 0 Å². The molecule has 6 nitrogen and oxygen atoms in total. The first kappa shape index (κ1) is 21.5. The standard InChI is InChI=1S/C23H26FN3O3S/c1-31(29,30)26-20-12-6-9-17(14-20)21-15-22(18-10-5-11-19(24)13-18)27(25-21)23(28)16-7-3-2-4-8-16/h5-6,9-14,16,22,26H,2-4,7-8,15H2,1H3/t22-/m1/s1. The number of amides is 1. The van der Waals surface area contributed by atoms with Crippen LogP contribution in [0.4, 0.5) is 10.1 Å². The molecule has 8 heteroatoms. The number of hydrazone groups is 1. The van der Waals surface area contributed by atoms with Gasteiger partial charge in [0.15, 0.2) is 0 Å². The van der Waals surface area contributed by atoms with Gasteiger partial charge in [-0.3, -0.25) is 9.52 Å². The molecular weight excluding hydrogens is 417 g/mol. The number of halogens is 1. The highest BCUT2D eigenvalue weighted by molar-refractivity contribution is 7.92. The third-order valence-electron chi connectivity index (χ3n) is 5.82. The molecule has 2 aromatic rings. The first-order chi connectivity index (χ1) is 14.8. The Labute approximate surface area is 182 Å². The van der Waals surface area contributed by atoms with Crippen LogP contribution in [-0.2, 0) is 14.8 Å². The summed E-state index contributed by atoms with van der Waals surface area (Å²) in [5, 5.41) is 6.18. The Morgan fingerprint density at radius 1 is 1.10 bits per heavy atom. The van der Waals surface area contributed by atoms with Crippen LogP contribution in [0.3, 0.4) is 0 Å². The highest BCUT2D eigenvalue weighted by atomic mass is 32.2. The fourth-order valence-corrected chi connectivity index (χ4v) is 4.93. The number of nitrogens with one attached hydrogen (secondary N) is 1. The van der Waals surface area contributed by atoms with Gasteiger partial charge in [0.05, 0.1) is 18.0 Å². The lowest BCUT2D eigenvalue weighted by Gasteiger charge is -2.28. The minimum atomic E-state index is -3.41. The Kier molecular flexibility index (Phi) is 6.09. The van der Waals surface area contributed by atoms with Crippen LogP contribution in [0.1, 0.15) is 55.7 Å². The quantitative estimate of drug-likeness (QED) is 0.741. The molecule has 1 N–H and O–H groups in total. The smallest absolute Gasteiger partial charge is 0.246 e. The number of sulfonamides is 1. The van der Waals surface area contributed by atoms with Crippen LogP contribution in [-0.4, -0.2) is 31.3 Å². The highest BCUT2D eigenvalue weighted by Crippen LogP contribution is 2.36. The summed E-state index contributed by atoms with van der Waals surface area (Å²) >= 11 is 0. The molecule has 4 rings (SSSR count). The molecule has 0 spiro atoms. The lowest BCUT2D eigenvalue weighted by atomic mass is 9.88. The molecular formula is C23H26FN3O3S. The molecule has 1 aliphatic heterocycles. The first-order valence-corrected chi connectivity index (χ1v) is 12.4. The lowest BCUT2D eigenvalue weighted by Crippen LogP contribution is -2.34. The molecule has 1 heterocycles. The number of anilines is 1. The molecule has 1 fully saturated rings. The zero-order chi connectivity index (χ0) is 22.0. The van der Waals surface area contributed by atoms with E-state index in [4.69, 9.17) is 0 Å². The normalized spacial score (nSPS) is 19.9. The molecule has 2 aromatic carbocycles. The van der Waals surface area contributed by atoms with Crippen molar-refractivity contribution in [2.75, 3.05) is 11.0 Å². The van der Waals surface area contributed by atoms with Gasteiger partial charge in [-0.2, -0.15) is 5.10 Å². The maximum atomic E-state index is 13.9. The van der Waals surface area contributed by atoms with Crippen molar-refractivity contribution in [1.82, 2.24) is 5.01 Å². The van der Waals surface area contributed by atoms with E-state index in [1.165, 1.54) is 17.1 Å². The van der Waals surface area contributed by atoms with Crippen LogP contribution >= 0.6 is 0 Å². The largest absolute Gasteiger partial charge is 0.284 e. The summed E-state index contributed by atoms with van der Waals surface area (Å²) in [7, 11) is -3.41. The molecule has 31 heavy (non-hydrogen) atoms. The number of hydrogen-bond acceptors (Lipinski definition) is 4. The molecule has 164 valence electrons. The molecule has 0 bridgehead atoms. The number of hydrogen-bond donors (Lipinski definition) is 1. The van der Waals surface area contributed by atoms with Crippen LogP contribution < -0.4 is 4.72 Å². The van der Waals surface area contributed by atoms with E-state index < -0.39 is 10.0 Å². The van der Waals surface area contributed by atoms with Crippen LogP contribution in [0.15, 0.2) is 53.6 Å². The van der Waals surface area contributed by atoms with Gasteiger partial charge in [0.1, 0.15) is 5.82 Å². The third kappa shape index (κ3) is 5.12. The van der Waals surface area contributed by atoms with Crippen molar-refractivity contribution in [2.24, 2.45) is 11.0 Å². The summed E-state index contributed by atoms with van der Waals surface area (Å²) in [4.78, 5) is 13.3. The highest BCUT2D eigenvalue weighted by Gasteiger charge is 2.36. The summed E-state index contributed by atoms with van der Waals surface area (Å²) in [6.07, 6.45) is 6.44. The Hall–Kier alpha value is -2.74. The van der Waals surface area contributed by atoms with Gasteiger partial charge in [-0.15, -0.1) is 0 Å². The Bertz CT molecular complexity index is 1110. The van der Waals surface area contributed by atoms with Crippen molar-refractivity contribution in [3.05, 3.63) is 65.5 Å². The number of rotatable bonds is 5. The van der Waals surface area contributed by atoms with Crippen molar-refractivity contribution in [1.29, 1.82) is 0 Å². The summed E-state index contributed by atoms with van der Waals surface area (Å²) in [5.74, 6) is -0.434. The fraction of sp³-hybridized carbons (Fsp3) is 0.391. The topological polar surface area (TPSA) is 78.8 Å². The Balaban J connectivity index is 1.67. The van der Waals surface area contributed by atoms with Gasteiger partial charge in [0, 0.05) is 18.0 Å². The zero-order valence-corrected chi connectivity index (χ0v) is 18.2. The van der Waals surface area contributed by atoms with Gasteiger partial charge >= 0.3 is 0 Å². The number of benzene rings is 2. The average Bonchev–Trinajstić information content (AvgIpc) is 3.18. The summed E-state index contributed by atoms with van der Waals surface area (Å²) in [5.41, 5.74) is 2.54. The lowest BCUT2D eigenvalue weighted by molar-refractivity contribution is -0.138. The van der Waals surface area contributed by atoms with E-state index in [2.05, 4.69) is 9.82 Å². The van der Waals surface area contributed by atoms with Crippen LogP contribution in [0.5, 0.6) is 0 Å². The first-order valence-electron chi connectivity index (χ1n) is 10.5. The number of carbonyl (C=O) groups is 1. The minimum absolute atomic E-state index is 0.0191. The average molecular weight is 444 g/mol. The maximum Gasteiger partial charge on any atom is 0.246 e. The maximum absolute atomic E-state index is 13.9. The molecule has 1 saturated carbocycles. The van der Waals surface area contributed by atoms with Crippen LogP contribution in [0.25, 0.3) is 0 Å². The molecule has 2 aliphatic rings. The van der Waals surface area contributed by atoms with Gasteiger partial charge in [0.2, 0.25) is 15.9 Å². The summed E-state index contributed by atoms with van der Waals surface area (Å²) in [6.45, 7) is 0. The summed E-state index contributed by atoms with van der Waals surface area (Å²) < 4.78 is 39.6. The van der Waals surface area contributed by atoms with Gasteiger partial charge in [-0.1, -0.05) is 43.5 Å². The molecule has 0 radical (unpaired) electrons. The number of nitrogens with zero attached hydrogens (tertiary/aromatic N) is 2. The van der Waals surface area contributed by atoms with E-state index in [1.54, 1.807) is 24.3 Å². The Morgan fingerprint density at radius 2 is 1.84 bits per heavy atom. The SMILES string of the molecule is CS(=O)(=O)Nc1cccc(C2=NN(C(=O)C3CCCCC3)[C@@H](c3cccc(F)c3)C2)c1. The van der Waals surface area contributed by atoms with Crippen LogP contribution in [0, 0.1) is 11.7 Å². The van der Waals surface area contributed by atoms with Gasteiger partial charge in [-0.05, 0) is 48.2 Å². The van der Waals surface area contributed by atoms with Gasteiger partial charge in [-0.25, -0.2) is 17.8 Å². The van der Waals surface area contributed by atoms with E-state index in [0.29, 0.717) is 23.4 Å². The van der Waals surface area contributed by atoms with Crippen LogP contribution in [0.2, 0.25) is 0 Å². The van der Waals surface area contributed by atoms with Crippen molar-refractivity contribution in [3.63, 3.8) is 0 Å². The van der Waals surface area contributed by atoms with E-state index in [1.807, 2.05) is 12.1 Å². The van der Waals surface area contributed by atoms with E-state index in [0.717, 1.165) is 43.9 Å². The predicted octanol–water partition coefficient (Wildman–Crippen LogP) is 4.46. The predicted molar refractivity (Wildman–Crippen MR) is 119 cm³/mol. The second-order valence-corrected chi connectivity index (χ2v) is 10.0. The summed E-state index contributed by atoms with van der Waals surface area (Å²) in [6, 6.07) is 12.9. The third-order valence-corrected chi connectivity index (χ3v) is 6.43. The zero-order valence-electron chi connectivity index (χ0n) is 17.4. The minimum Gasteiger partial charge on any atom is -0.284 e. The number of carbonyl (C=O) groups excluding carboxylic acids is 1. The second-order valence-electron chi connectivity index (χ2n) is 8.29. The van der Waals surface area contributed by atoms with E-state index >= 15 is 0 Å². The second kappa shape index (κ2) is 8.78.